The summed E-state index contributed by atoms with van der Waals surface area (Å²) in [6.07, 6.45) is 2.24. The van der Waals surface area contributed by atoms with Crippen LogP contribution in [0.5, 0.6) is 5.75 Å². The molecule has 9 nitrogen and oxygen atoms in total. The predicted octanol–water partition coefficient (Wildman–Crippen LogP) is 5.24. The Labute approximate surface area is 233 Å². The second-order valence-electron chi connectivity index (χ2n) is 10.3. The maximum atomic E-state index is 13.0. The van der Waals surface area contributed by atoms with Crippen LogP contribution in [0.4, 0.5) is 11.5 Å². The molecule has 3 aromatic carbocycles. The SMILES string of the molecule is COc1ccc(Cn2c(-c3cc(NC(=O)c4ccc(NC5CCN(C)CC5)cc4)[nH]n3)nc3ccccc32)cc1. The lowest BCUT2D eigenvalue weighted by Crippen LogP contribution is -2.36. The summed E-state index contributed by atoms with van der Waals surface area (Å²) in [7, 11) is 3.82. The van der Waals surface area contributed by atoms with Gasteiger partial charge in [-0.1, -0.05) is 24.3 Å². The van der Waals surface area contributed by atoms with Crippen molar-refractivity contribution >= 4 is 28.4 Å². The molecule has 9 heteroatoms. The molecule has 3 heterocycles. The average Bonchev–Trinajstić information content (AvgIpc) is 3.59. The van der Waals surface area contributed by atoms with E-state index in [2.05, 4.69) is 43.4 Å². The number of fused-ring (bicyclic) bond motifs is 1. The molecule has 0 radical (unpaired) electrons. The van der Waals surface area contributed by atoms with E-state index in [1.54, 1.807) is 7.11 Å². The zero-order chi connectivity index (χ0) is 27.5. The zero-order valence-electron chi connectivity index (χ0n) is 22.7. The van der Waals surface area contributed by atoms with Crippen molar-refractivity contribution in [3.05, 3.63) is 90.0 Å². The number of hydrogen-bond donors (Lipinski definition) is 3. The molecule has 0 saturated carbocycles. The lowest BCUT2D eigenvalue weighted by atomic mass is 10.0. The standard InChI is InChI=1S/C31H33N7O2/c1-37-17-15-24(16-18-37)32-23-11-9-22(10-12-23)31(39)34-29-19-27(35-36-29)30-33-26-5-3-4-6-28(26)38(30)20-21-7-13-25(40-2)14-8-21/h3-14,19,24,32H,15-18,20H2,1-2H3,(H2,34,35,36,39). The van der Waals surface area contributed by atoms with Gasteiger partial charge in [-0.3, -0.25) is 9.89 Å². The molecule has 1 aliphatic heterocycles. The Hall–Kier alpha value is -4.63. The van der Waals surface area contributed by atoms with Gasteiger partial charge in [-0.15, -0.1) is 0 Å². The van der Waals surface area contributed by atoms with Gasteiger partial charge in [-0.05, 0) is 87.1 Å². The first-order valence-corrected chi connectivity index (χ1v) is 13.6. The molecule has 0 spiro atoms. The number of aromatic amines is 1. The minimum absolute atomic E-state index is 0.201. The predicted molar refractivity (Wildman–Crippen MR) is 158 cm³/mol. The summed E-state index contributed by atoms with van der Waals surface area (Å²) in [5, 5.41) is 14.0. The number of nitrogens with zero attached hydrogens (tertiary/aromatic N) is 4. The second kappa shape index (κ2) is 11.2. The highest BCUT2D eigenvalue weighted by atomic mass is 16.5. The Kier molecular flexibility index (Phi) is 7.20. The maximum Gasteiger partial charge on any atom is 0.256 e. The van der Waals surface area contributed by atoms with Crippen LogP contribution in [0.3, 0.4) is 0 Å². The molecule has 204 valence electrons. The van der Waals surface area contributed by atoms with E-state index in [4.69, 9.17) is 9.72 Å². The van der Waals surface area contributed by atoms with Crippen LogP contribution in [-0.2, 0) is 6.54 Å². The van der Waals surface area contributed by atoms with E-state index in [0.717, 1.165) is 59.8 Å². The third kappa shape index (κ3) is 5.55. The largest absolute Gasteiger partial charge is 0.497 e. The van der Waals surface area contributed by atoms with Gasteiger partial charge in [0, 0.05) is 29.9 Å². The number of hydrogen-bond acceptors (Lipinski definition) is 6. The van der Waals surface area contributed by atoms with Crippen molar-refractivity contribution in [2.75, 3.05) is 37.9 Å². The first-order chi connectivity index (χ1) is 19.6. The number of rotatable bonds is 8. The van der Waals surface area contributed by atoms with Crippen molar-refractivity contribution in [1.82, 2.24) is 24.6 Å². The fourth-order valence-electron chi connectivity index (χ4n) is 5.15. The van der Waals surface area contributed by atoms with Gasteiger partial charge in [-0.2, -0.15) is 5.10 Å². The summed E-state index contributed by atoms with van der Waals surface area (Å²) >= 11 is 0. The van der Waals surface area contributed by atoms with Crippen molar-refractivity contribution in [1.29, 1.82) is 0 Å². The smallest absolute Gasteiger partial charge is 0.256 e. The number of nitrogens with one attached hydrogen (secondary N) is 3. The summed E-state index contributed by atoms with van der Waals surface area (Å²) in [4.78, 5) is 20.2. The number of methoxy groups -OCH3 is 1. The highest BCUT2D eigenvalue weighted by Gasteiger charge is 2.18. The van der Waals surface area contributed by atoms with Crippen molar-refractivity contribution in [3.8, 4) is 17.3 Å². The van der Waals surface area contributed by atoms with Crippen LogP contribution in [0.2, 0.25) is 0 Å². The van der Waals surface area contributed by atoms with E-state index < -0.39 is 0 Å². The summed E-state index contributed by atoms with van der Waals surface area (Å²) in [6.45, 7) is 2.82. The van der Waals surface area contributed by atoms with Crippen LogP contribution >= 0.6 is 0 Å². The summed E-state index contributed by atoms with van der Waals surface area (Å²) in [6, 6.07) is 25.9. The van der Waals surface area contributed by atoms with Gasteiger partial charge >= 0.3 is 0 Å². The summed E-state index contributed by atoms with van der Waals surface area (Å²) in [5.41, 5.74) is 5.27. The number of piperidine rings is 1. The zero-order valence-corrected chi connectivity index (χ0v) is 22.7. The number of ether oxygens (including phenoxy) is 1. The van der Waals surface area contributed by atoms with E-state index in [-0.39, 0.29) is 5.91 Å². The summed E-state index contributed by atoms with van der Waals surface area (Å²) in [5.74, 6) is 1.85. The van der Waals surface area contributed by atoms with Gasteiger partial charge in [0.25, 0.3) is 5.91 Å². The van der Waals surface area contributed by atoms with Crippen molar-refractivity contribution in [3.63, 3.8) is 0 Å². The first kappa shape index (κ1) is 25.6. The molecule has 5 aromatic rings. The highest BCUT2D eigenvalue weighted by Crippen LogP contribution is 2.27. The topological polar surface area (TPSA) is 100 Å². The van der Waals surface area contributed by atoms with E-state index >= 15 is 0 Å². The van der Waals surface area contributed by atoms with Crippen molar-refractivity contribution < 1.29 is 9.53 Å². The van der Waals surface area contributed by atoms with Gasteiger partial charge < -0.3 is 24.8 Å². The third-order valence-electron chi connectivity index (χ3n) is 7.45. The first-order valence-electron chi connectivity index (χ1n) is 13.6. The number of likely N-dealkylation sites (tertiary alicyclic amines) is 1. The molecular weight excluding hydrogens is 502 g/mol. The Balaban J connectivity index is 1.17. The quantitative estimate of drug-likeness (QED) is 0.251. The number of anilines is 2. The normalized spacial score (nSPS) is 14.3. The number of benzene rings is 3. The number of aromatic nitrogens is 4. The molecule has 0 unspecified atom stereocenters. The van der Waals surface area contributed by atoms with Crippen LogP contribution < -0.4 is 15.4 Å². The monoisotopic (exact) mass is 535 g/mol. The van der Waals surface area contributed by atoms with Gasteiger partial charge in [0.15, 0.2) is 5.82 Å². The highest BCUT2D eigenvalue weighted by molar-refractivity contribution is 6.04. The van der Waals surface area contributed by atoms with Crippen LogP contribution in [0.25, 0.3) is 22.6 Å². The number of amides is 1. The minimum atomic E-state index is -0.201. The van der Waals surface area contributed by atoms with E-state index in [1.807, 2.05) is 72.8 Å². The number of carbonyl (C=O) groups excluding carboxylic acids is 1. The molecule has 3 N–H and O–H groups in total. The van der Waals surface area contributed by atoms with E-state index in [9.17, 15) is 4.79 Å². The lowest BCUT2D eigenvalue weighted by molar-refractivity contribution is 0.102. The number of H-pyrrole nitrogens is 1. The lowest BCUT2D eigenvalue weighted by Gasteiger charge is -2.30. The average molecular weight is 536 g/mol. The Morgan fingerprint density at radius 2 is 1.77 bits per heavy atom. The third-order valence-corrected chi connectivity index (χ3v) is 7.45. The second-order valence-corrected chi connectivity index (χ2v) is 10.3. The van der Waals surface area contributed by atoms with E-state index in [1.165, 1.54) is 0 Å². The Morgan fingerprint density at radius 1 is 1.02 bits per heavy atom. The molecule has 1 aliphatic rings. The molecule has 1 fully saturated rings. The Morgan fingerprint density at radius 3 is 2.52 bits per heavy atom. The van der Waals surface area contributed by atoms with Crippen LogP contribution in [-0.4, -0.2) is 63.8 Å². The molecule has 0 aliphatic carbocycles. The van der Waals surface area contributed by atoms with Crippen molar-refractivity contribution in [2.24, 2.45) is 0 Å². The van der Waals surface area contributed by atoms with Gasteiger partial charge in [0.1, 0.15) is 17.3 Å². The van der Waals surface area contributed by atoms with E-state index in [0.29, 0.717) is 29.7 Å². The number of carbonyl (C=O) groups is 1. The van der Waals surface area contributed by atoms with Crippen molar-refractivity contribution in [2.45, 2.75) is 25.4 Å². The van der Waals surface area contributed by atoms with Crippen LogP contribution in [0.1, 0.15) is 28.8 Å². The van der Waals surface area contributed by atoms with Gasteiger partial charge in [0.05, 0.1) is 18.1 Å². The molecule has 1 amide bonds. The van der Waals surface area contributed by atoms with Gasteiger partial charge in [0.2, 0.25) is 0 Å². The van der Waals surface area contributed by atoms with Crippen LogP contribution in [0, 0.1) is 0 Å². The molecule has 1 saturated heterocycles. The molecular formula is C31H33N7O2. The van der Waals surface area contributed by atoms with Crippen LogP contribution in [0.15, 0.2) is 78.9 Å². The Bertz CT molecular complexity index is 1600. The molecule has 0 atom stereocenters. The maximum absolute atomic E-state index is 13.0. The molecule has 40 heavy (non-hydrogen) atoms. The number of imidazole rings is 1. The minimum Gasteiger partial charge on any atom is -0.497 e. The summed E-state index contributed by atoms with van der Waals surface area (Å²) < 4.78 is 7.44. The molecule has 2 aromatic heterocycles. The van der Waals surface area contributed by atoms with Gasteiger partial charge in [-0.25, -0.2) is 4.98 Å². The fourth-order valence-corrected chi connectivity index (χ4v) is 5.15. The fraction of sp³-hybridized carbons (Fsp3) is 0.258. The molecule has 6 rings (SSSR count). The number of para-hydroxylation sites is 2. The molecule has 0 bridgehead atoms.